The number of benzene rings is 2. The Hall–Kier alpha value is -2.89. The molecule has 0 heterocycles. The van der Waals surface area contributed by atoms with E-state index in [9.17, 15) is 4.79 Å². The molecule has 2 aromatic rings. The molecule has 6 heteroatoms. The number of aryl methyl sites for hydroxylation is 1. The maximum absolute atomic E-state index is 12.2. The molecule has 2 aromatic carbocycles. The molecular weight excluding hydrogens is 320 g/mol. The van der Waals surface area contributed by atoms with Gasteiger partial charge in [-0.2, -0.15) is 0 Å². The summed E-state index contributed by atoms with van der Waals surface area (Å²) in [5.41, 5.74) is 2.64. The van der Waals surface area contributed by atoms with Gasteiger partial charge in [-0.15, -0.1) is 0 Å². The summed E-state index contributed by atoms with van der Waals surface area (Å²) in [6, 6.07) is 11.3. The van der Waals surface area contributed by atoms with Crippen LogP contribution in [0.5, 0.6) is 17.2 Å². The molecule has 0 aromatic heterocycles. The molecule has 0 fully saturated rings. The molecule has 0 radical (unpaired) electrons. The smallest absolute Gasteiger partial charge is 0.243 e. The lowest BCUT2D eigenvalue weighted by Gasteiger charge is -2.15. The third kappa shape index (κ3) is 4.56. The number of hydrogen-bond acceptors (Lipinski definition) is 5. The van der Waals surface area contributed by atoms with Crippen LogP contribution in [-0.4, -0.2) is 33.8 Å². The van der Waals surface area contributed by atoms with Crippen molar-refractivity contribution in [2.24, 2.45) is 0 Å². The van der Waals surface area contributed by atoms with E-state index < -0.39 is 0 Å². The lowest BCUT2D eigenvalue weighted by Crippen LogP contribution is -2.22. The Morgan fingerprint density at radius 3 is 2.20 bits per heavy atom. The van der Waals surface area contributed by atoms with Gasteiger partial charge >= 0.3 is 0 Å². The number of para-hydroxylation sites is 1. The Morgan fingerprint density at radius 2 is 1.64 bits per heavy atom. The third-order valence-corrected chi connectivity index (χ3v) is 3.79. The summed E-state index contributed by atoms with van der Waals surface area (Å²) in [5.74, 6) is 1.44. The maximum atomic E-state index is 12.2. The molecule has 0 atom stereocenters. The van der Waals surface area contributed by atoms with Gasteiger partial charge in [-0.05, 0) is 18.1 Å². The van der Waals surface area contributed by atoms with E-state index >= 15 is 0 Å². The second kappa shape index (κ2) is 8.82. The number of methoxy groups -OCH3 is 3. The van der Waals surface area contributed by atoms with Crippen molar-refractivity contribution < 1.29 is 19.0 Å². The van der Waals surface area contributed by atoms with E-state index in [4.69, 9.17) is 14.2 Å². The minimum atomic E-state index is -0.130. The molecule has 0 spiro atoms. The Bertz CT molecular complexity index is 706. The van der Waals surface area contributed by atoms with Crippen LogP contribution in [0.2, 0.25) is 0 Å². The Balaban J connectivity index is 2.06. The average Bonchev–Trinajstić information content (AvgIpc) is 2.65. The van der Waals surface area contributed by atoms with E-state index in [-0.39, 0.29) is 12.5 Å². The molecule has 134 valence electrons. The van der Waals surface area contributed by atoms with Gasteiger partial charge in [0, 0.05) is 23.5 Å². The molecule has 0 bridgehead atoms. The normalized spacial score (nSPS) is 10.1. The first kappa shape index (κ1) is 18.4. The van der Waals surface area contributed by atoms with Gasteiger partial charge in [0.05, 0.1) is 27.9 Å². The number of amides is 1. The third-order valence-electron chi connectivity index (χ3n) is 3.79. The lowest BCUT2D eigenvalue weighted by molar-refractivity contribution is -0.114. The summed E-state index contributed by atoms with van der Waals surface area (Å²) in [4.78, 5) is 12.2. The Kier molecular flexibility index (Phi) is 6.51. The average molecular weight is 344 g/mol. The number of rotatable bonds is 8. The van der Waals surface area contributed by atoms with Crippen molar-refractivity contribution >= 4 is 17.3 Å². The Labute approximate surface area is 148 Å². The summed E-state index contributed by atoms with van der Waals surface area (Å²) in [6.07, 6.45) is 0.858. The molecule has 2 rings (SSSR count). The molecule has 25 heavy (non-hydrogen) atoms. The van der Waals surface area contributed by atoms with Crippen molar-refractivity contribution in [2.45, 2.75) is 13.3 Å². The van der Waals surface area contributed by atoms with Gasteiger partial charge in [-0.25, -0.2) is 0 Å². The van der Waals surface area contributed by atoms with E-state index in [1.165, 1.54) is 0 Å². The van der Waals surface area contributed by atoms with Crippen LogP contribution in [0.3, 0.4) is 0 Å². The second-order valence-electron chi connectivity index (χ2n) is 5.33. The van der Waals surface area contributed by atoms with E-state index in [1.54, 1.807) is 33.5 Å². The van der Waals surface area contributed by atoms with E-state index in [2.05, 4.69) is 17.6 Å². The maximum Gasteiger partial charge on any atom is 0.243 e. The monoisotopic (exact) mass is 344 g/mol. The van der Waals surface area contributed by atoms with Gasteiger partial charge in [0.2, 0.25) is 11.7 Å². The van der Waals surface area contributed by atoms with E-state index in [0.717, 1.165) is 17.7 Å². The molecule has 0 aliphatic heterocycles. The highest BCUT2D eigenvalue weighted by atomic mass is 16.5. The number of carbonyl (C=O) groups is 1. The topological polar surface area (TPSA) is 68.8 Å². The van der Waals surface area contributed by atoms with Gasteiger partial charge in [0.1, 0.15) is 0 Å². The van der Waals surface area contributed by atoms with Gasteiger partial charge in [-0.1, -0.05) is 25.1 Å². The molecule has 0 aliphatic carbocycles. The molecule has 6 nitrogen and oxygen atoms in total. The summed E-state index contributed by atoms with van der Waals surface area (Å²) < 4.78 is 15.9. The van der Waals surface area contributed by atoms with Crippen LogP contribution >= 0.6 is 0 Å². The molecule has 0 saturated carbocycles. The molecule has 2 N–H and O–H groups in total. The first-order valence-electron chi connectivity index (χ1n) is 8.04. The summed E-state index contributed by atoms with van der Waals surface area (Å²) in [7, 11) is 4.65. The summed E-state index contributed by atoms with van der Waals surface area (Å²) >= 11 is 0. The van der Waals surface area contributed by atoms with Crippen LogP contribution in [0, 0.1) is 0 Å². The van der Waals surface area contributed by atoms with Gasteiger partial charge in [0.15, 0.2) is 11.5 Å². The lowest BCUT2D eigenvalue weighted by atomic mass is 10.1. The van der Waals surface area contributed by atoms with E-state index in [1.807, 2.05) is 24.3 Å². The van der Waals surface area contributed by atoms with E-state index in [0.29, 0.717) is 22.9 Å². The number of nitrogens with one attached hydrogen (secondary N) is 2. The zero-order valence-corrected chi connectivity index (χ0v) is 15.0. The summed E-state index contributed by atoms with van der Waals surface area (Å²) in [5, 5.41) is 6.00. The van der Waals surface area contributed by atoms with Crippen molar-refractivity contribution in [1.29, 1.82) is 0 Å². The number of anilines is 2. The molecular formula is C19H24N2O4. The van der Waals surface area contributed by atoms with Gasteiger partial charge in [0.25, 0.3) is 0 Å². The highest BCUT2D eigenvalue weighted by molar-refractivity contribution is 5.94. The largest absolute Gasteiger partial charge is 0.493 e. The van der Waals surface area contributed by atoms with Gasteiger partial charge < -0.3 is 24.8 Å². The first-order valence-corrected chi connectivity index (χ1v) is 8.04. The molecule has 1 amide bonds. The molecule has 0 saturated heterocycles. The van der Waals surface area contributed by atoms with Crippen molar-refractivity contribution in [3.05, 3.63) is 42.0 Å². The second-order valence-corrected chi connectivity index (χ2v) is 5.33. The number of ether oxygens (including phenoxy) is 3. The zero-order valence-electron chi connectivity index (χ0n) is 15.0. The predicted molar refractivity (Wildman–Crippen MR) is 99.0 cm³/mol. The fraction of sp³-hybridized carbons (Fsp3) is 0.316. The fourth-order valence-electron chi connectivity index (χ4n) is 2.51. The van der Waals surface area contributed by atoms with Crippen LogP contribution in [0.15, 0.2) is 36.4 Å². The SMILES string of the molecule is CCc1ccccc1NC(=O)CNc1cc(OC)c(OC)c(OC)c1. The highest BCUT2D eigenvalue weighted by Gasteiger charge is 2.13. The number of carbonyl (C=O) groups excluding carboxylic acids is 1. The minimum Gasteiger partial charge on any atom is -0.493 e. The van der Waals surface area contributed by atoms with Crippen molar-refractivity contribution in [3.63, 3.8) is 0 Å². The van der Waals surface area contributed by atoms with Crippen LogP contribution < -0.4 is 24.8 Å². The van der Waals surface area contributed by atoms with Gasteiger partial charge in [-0.3, -0.25) is 4.79 Å². The van der Waals surface area contributed by atoms with Crippen molar-refractivity contribution in [1.82, 2.24) is 0 Å². The van der Waals surface area contributed by atoms with Crippen LogP contribution in [-0.2, 0) is 11.2 Å². The van der Waals surface area contributed by atoms with Crippen LogP contribution in [0.1, 0.15) is 12.5 Å². The van der Waals surface area contributed by atoms with Crippen molar-refractivity contribution in [2.75, 3.05) is 38.5 Å². The van der Waals surface area contributed by atoms with Crippen molar-refractivity contribution in [3.8, 4) is 17.2 Å². The standard InChI is InChI=1S/C19H24N2O4/c1-5-13-8-6-7-9-15(13)21-18(22)12-20-14-10-16(23-2)19(25-4)17(11-14)24-3/h6-11,20H,5,12H2,1-4H3,(H,21,22). The minimum absolute atomic E-state index is 0.122. The fourth-order valence-corrected chi connectivity index (χ4v) is 2.51. The predicted octanol–water partition coefficient (Wildman–Crippen LogP) is 3.33. The highest BCUT2D eigenvalue weighted by Crippen LogP contribution is 2.39. The number of hydrogen-bond donors (Lipinski definition) is 2. The van der Waals surface area contributed by atoms with Crippen LogP contribution in [0.25, 0.3) is 0 Å². The quantitative estimate of drug-likeness (QED) is 0.769. The first-order chi connectivity index (χ1) is 12.1. The molecule has 0 aliphatic rings. The zero-order chi connectivity index (χ0) is 18.2. The Morgan fingerprint density at radius 1 is 1.00 bits per heavy atom. The molecule has 0 unspecified atom stereocenters. The van der Waals surface area contributed by atoms with Crippen LogP contribution in [0.4, 0.5) is 11.4 Å². The summed E-state index contributed by atoms with van der Waals surface area (Å²) in [6.45, 7) is 2.18.